The van der Waals surface area contributed by atoms with Crippen LogP contribution in [0.25, 0.3) is 0 Å². The fourth-order valence-corrected chi connectivity index (χ4v) is 1.98. The monoisotopic (exact) mass is 351 g/mol. The van der Waals surface area contributed by atoms with Gasteiger partial charge < -0.3 is 15.5 Å². The fourth-order valence-electron chi connectivity index (χ4n) is 1.79. The lowest BCUT2D eigenvalue weighted by molar-refractivity contribution is -0.119. The van der Waals surface area contributed by atoms with Gasteiger partial charge in [-0.25, -0.2) is 0 Å². The van der Waals surface area contributed by atoms with Crippen molar-refractivity contribution in [1.29, 1.82) is 0 Å². The highest BCUT2D eigenvalue weighted by molar-refractivity contribution is 6.30. The van der Waals surface area contributed by atoms with Crippen molar-refractivity contribution in [3.05, 3.63) is 40.9 Å². The summed E-state index contributed by atoms with van der Waals surface area (Å²) in [5.74, 6) is 1.60. The van der Waals surface area contributed by atoms with Crippen LogP contribution in [0, 0.1) is 5.92 Å². The number of allylic oxidation sites excluding steroid dienone is 1. The molecule has 0 aliphatic carbocycles. The number of hydrogen-bond acceptors (Lipinski definition) is 4. The minimum absolute atomic E-state index is 0.0858. The molecule has 24 heavy (non-hydrogen) atoms. The summed E-state index contributed by atoms with van der Waals surface area (Å²) in [5.41, 5.74) is 3.87. The van der Waals surface area contributed by atoms with E-state index < -0.39 is 0 Å². The van der Waals surface area contributed by atoms with Gasteiger partial charge in [0, 0.05) is 17.0 Å². The van der Waals surface area contributed by atoms with Gasteiger partial charge in [-0.1, -0.05) is 38.4 Å². The number of hydrazone groups is 1. The predicted molar refractivity (Wildman–Crippen MR) is 99.3 cm³/mol. The molecule has 0 aromatic heterocycles. The smallest absolute Gasteiger partial charge is 0.225 e. The van der Waals surface area contributed by atoms with Gasteiger partial charge in [0.05, 0.1) is 13.2 Å². The Morgan fingerprint density at radius 1 is 1.42 bits per heavy atom. The van der Waals surface area contributed by atoms with Crippen LogP contribution in [0.2, 0.25) is 5.02 Å². The zero-order valence-corrected chi connectivity index (χ0v) is 15.5. The van der Waals surface area contributed by atoms with Crippen LogP contribution >= 0.6 is 11.6 Å². The zero-order chi connectivity index (χ0) is 17.9. The highest BCUT2D eigenvalue weighted by Gasteiger charge is 2.06. The molecule has 0 saturated heterocycles. The molecule has 132 valence electrons. The average molecular weight is 352 g/mol. The van der Waals surface area contributed by atoms with Gasteiger partial charge in [-0.05, 0) is 37.1 Å². The number of amidine groups is 1. The summed E-state index contributed by atoms with van der Waals surface area (Å²) in [7, 11) is 0. The fraction of sp³-hybridized carbons (Fsp3) is 0.444. The average Bonchev–Trinajstić information content (AvgIpc) is 2.53. The second-order valence-electron chi connectivity index (χ2n) is 5.69. The summed E-state index contributed by atoms with van der Waals surface area (Å²) in [6, 6.07) is 5.51. The summed E-state index contributed by atoms with van der Waals surface area (Å²) in [6.07, 6.45) is 3.94. The van der Waals surface area contributed by atoms with Gasteiger partial charge in [-0.15, -0.1) is 0 Å². The Kier molecular flexibility index (Phi) is 8.94. The van der Waals surface area contributed by atoms with Crippen molar-refractivity contribution in [3.8, 4) is 5.75 Å². The SMILES string of the molecule is C/C=C/C(=N\NCc1cc(Cl)ccc1OCC(C)C)NC(=O)CC. The second kappa shape index (κ2) is 10.7. The minimum Gasteiger partial charge on any atom is -0.493 e. The molecular formula is C18H26ClN3O2. The molecule has 0 aliphatic heterocycles. The molecule has 0 fully saturated rings. The first kappa shape index (κ1) is 20.0. The molecule has 0 atom stereocenters. The third kappa shape index (κ3) is 7.51. The molecule has 1 aromatic rings. The molecule has 1 rings (SSSR count). The summed E-state index contributed by atoms with van der Waals surface area (Å²) in [6.45, 7) is 8.92. The van der Waals surface area contributed by atoms with Crippen LogP contribution in [0.15, 0.2) is 35.5 Å². The van der Waals surface area contributed by atoms with Crippen LogP contribution in [-0.2, 0) is 11.3 Å². The molecule has 0 spiro atoms. The van der Waals surface area contributed by atoms with Crippen molar-refractivity contribution >= 4 is 23.3 Å². The molecule has 5 nitrogen and oxygen atoms in total. The van der Waals surface area contributed by atoms with E-state index in [4.69, 9.17) is 16.3 Å². The number of carbonyl (C=O) groups excluding carboxylic acids is 1. The van der Waals surface area contributed by atoms with Gasteiger partial charge in [0.1, 0.15) is 5.75 Å². The van der Waals surface area contributed by atoms with Gasteiger partial charge in [-0.3, -0.25) is 4.79 Å². The van der Waals surface area contributed by atoms with Crippen LogP contribution in [0.5, 0.6) is 5.75 Å². The summed E-state index contributed by atoms with van der Waals surface area (Å²) in [4.78, 5) is 11.5. The number of hydrogen-bond donors (Lipinski definition) is 2. The summed E-state index contributed by atoms with van der Waals surface area (Å²) < 4.78 is 5.81. The number of ether oxygens (including phenoxy) is 1. The van der Waals surface area contributed by atoms with Gasteiger partial charge in [0.25, 0.3) is 0 Å². The maximum absolute atomic E-state index is 11.5. The van der Waals surface area contributed by atoms with E-state index in [0.717, 1.165) is 11.3 Å². The summed E-state index contributed by atoms with van der Waals surface area (Å²) >= 11 is 6.07. The molecule has 1 amide bonds. The lowest BCUT2D eigenvalue weighted by Crippen LogP contribution is -2.30. The van der Waals surface area contributed by atoms with E-state index in [1.165, 1.54) is 0 Å². The Hall–Kier alpha value is -2.01. The topological polar surface area (TPSA) is 62.7 Å². The van der Waals surface area contributed by atoms with Crippen molar-refractivity contribution in [3.63, 3.8) is 0 Å². The van der Waals surface area contributed by atoms with Crippen molar-refractivity contribution in [2.75, 3.05) is 6.61 Å². The number of nitrogens with one attached hydrogen (secondary N) is 2. The number of carbonyl (C=O) groups is 1. The maximum Gasteiger partial charge on any atom is 0.225 e. The molecule has 6 heteroatoms. The highest BCUT2D eigenvalue weighted by Crippen LogP contribution is 2.23. The summed E-state index contributed by atoms with van der Waals surface area (Å²) in [5, 5.41) is 7.58. The standard InChI is InChI=1S/C18H26ClN3O2/c1-5-7-17(21-18(23)6-2)22-20-11-14-10-15(19)8-9-16(14)24-12-13(3)4/h5,7-10,13,20H,6,11-12H2,1-4H3,(H,21,22,23)/b7-5+. The van der Waals surface area contributed by atoms with E-state index in [-0.39, 0.29) is 5.91 Å². The number of benzene rings is 1. The Morgan fingerprint density at radius 3 is 2.79 bits per heavy atom. The quantitative estimate of drug-likeness (QED) is 0.424. The largest absolute Gasteiger partial charge is 0.493 e. The van der Waals surface area contributed by atoms with Gasteiger partial charge in [-0.2, -0.15) is 5.10 Å². The molecule has 0 aliphatic rings. The normalized spacial score (nSPS) is 11.8. The third-order valence-corrected chi connectivity index (χ3v) is 3.21. The molecule has 0 radical (unpaired) electrons. The van der Waals surface area contributed by atoms with Crippen molar-refractivity contribution < 1.29 is 9.53 Å². The minimum atomic E-state index is -0.0858. The van der Waals surface area contributed by atoms with Crippen molar-refractivity contribution in [2.24, 2.45) is 11.0 Å². The lowest BCUT2D eigenvalue weighted by Gasteiger charge is -2.13. The number of nitrogens with zero attached hydrogens (tertiary/aromatic N) is 1. The van der Waals surface area contributed by atoms with Gasteiger partial charge in [0.15, 0.2) is 5.84 Å². The van der Waals surface area contributed by atoms with Crippen molar-refractivity contribution in [1.82, 2.24) is 10.7 Å². The first-order chi connectivity index (χ1) is 11.5. The molecule has 2 N–H and O–H groups in total. The van der Waals surface area contributed by atoms with Crippen LogP contribution in [0.3, 0.4) is 0 Å². The van der Waals surface area contributed by atoms with Crippen LogP contribution in [0.1, 0.15) is 39.7 Å². The van der Waals surface area contributed by atoms with E-state index in [2.05, 4.69) is 29.7 Å². The zero-order valence-electron chi connectivity index (χ0n) is 14.7. The number of rotatable bonds is 8. The van der Waals surface area contributed by atoms with E-state index in [1.807, 2.05) is 25.1 Å². The lowest BCUT2D eigenvalue weighted by atomic mass is 10.2. The van der Waals surface area contributed by atoms with E-state index in [1.54, 1.807) is 19.1 Å². The van der Waals surface area contributed by atoms with E-state index in [9.17, 15) is 4.79 Å². The Morgan fingerprint density at radius 2 is 2.17 bits per heavy atom. The molecule has 0 saturated carbocycles. The first-order valence-electron chi connectivity index (χ1n) is 8.10. The number of amides is 1. The molecule has 1 aromatic carbocycles. The Bertz CT molecular complexity index is 598. The third-order valence-electron chi connectivity index (χ3n) is 2.98. The molecule has 0 bridgehead atoms. The van der Waals surface area contributed by atoms with Crippen LogP contribution < -0.4 is 15.5 Å². The highest BCUT2D eigenvalue weighted by atomic mass is 35.5. The van der Waals surface area contributed by atoms with Crippen LogP contribution in [-0.4, -0.2) is 18.3 Å². The number of halogens is 1. The molecule has 0 unspecified atom stereocenters. The van der Waals surface area contributed by atoms with Gasteiger partial charge >= 0.3 is 0 Å². The maximum atomic E-state index is 11.5. The first-order valence-corrected chi connectivity index (χ1v) is 8.48. The van der Waals surface area contributed by atoms with Crippen molar-refractivity contribution in [2.45, 2.75) is 40.7 Å². The Labute approximate surface area is 149 Å². The van der Waals surface area contributed by atoms with E-state index in [0.29, 0.717) is 36.3 Å². The van der Waals surface area contributed by atoms with Crippen LogP contribution in [0.4, 0.5) is 0 Å². The molecular weight excluding hydrogens is 326 g/mol. The second-order valence-corrected chi connectivity index (χ2v) is 6.13. The predicted octanol–water partition coefficient (Wildman–Crippen LogP) is 3.88. The van der Waals surface area contributed by atoms with E-state index >= 15 is 0 Å². The molecule has 0 heterocycles. The van der Waals surface area contributed by atoms with Gasteiger partial charge in [0.2, 0.25) is 5.91 Å². The Balaban J connectivity index is 2.78.